The molecule has 1 aliphatic heterocycles. The number of aromatic nitrogens is 2. The summed E-state index contributed by atoms with van der Waals surface area (Å²) in [4.78, 5) is 26.4. The third-order valence-electron chi connectivity index (χ3n) is 7.20. The molecule has 1 atom stereocenters. The van der Waals surface area contributed by atoms with Crippen molar-refractivity contribution in [3.05, 3.63) is 123 Å². The van der Waals surface area contributed by atoms with Crippen LogP contribution in [0.15, 0.2) is 106 Å². The van der Waals surface area contributed by atoms with Crippen molar-refractivity contribution in [2.45, 2.75) is 12.5 Å². The van der Waals surface area contributed by atoms with Gasteiger partial charge in [0.05, 0.1) is 28.5 Å². The zero-order valence-electron chi connectivity index (χ0n) is 21.1. The molecular weight excluding hydrogens is 476 g/mol. The molecule has 5 aromatic rings. The molecule has 2 aromatic heterocycles. The molecule has 0 aliphatic carbocycles. The van der Waals surface area contributed by atoms with E-state index in [-0.39, 0.29) is 28.5 Å². The van der Waals surface area contributed by atoms with Crippen molar-refractivity contribution < 1.29 is 5.11 Å². The van der Waals surface area contributed by atoms with E-state index in [1.807, 2.05) is 78.9 Å². The summed E-state index contributed by atoms with van der Waals surface area (Å²) in [5.74, 6) is -0.0797. The molecule has 1 unspecified atom stereocenters. The minimum absolute atomic E-state index is 0.0797. The van der Waals surface area contributed by atoms with Crippen molar-refractivity contribution in [1.29, 1.82) is 0 Å². The molecule has 0 saturated carbocycles. The van der Waals surface area contributed by atoms with Crippen molar-refractivity contribution in [2.75, 3.05) is 5.01 Å². The second-order valence-corrected chi connectivity index (χ2v) is 9.48. The van der Waals surface area contributed by atoms with Crippen molar-refractivity contribution in [2.24, 2.45) is 19.2 Å². The molecule has 7 heteroatoms. The first kappa shape index (κ1) is 23.5. The van der Waals surface area contributed by atoms with E-state index in [0.717, 1.165) is 16.5 Å². The van der Waals surface area contributed by atoms with E-state index >= 15 is 0 Å². The summed E-state index contributed by atoms with van der Waals surface area (Å²) in [5, 5.41) is 19.4. The summed E-state index contributed by atoms with van der Waals surface area (Å²) < 4.78 is 3.15. The van der Waals surface area contributed by atoms with E-state index in [0.29, 0.717) is 28.7 Å². The Hall–Kier alpha value is -4.91. The van der Waals surface area contributed by atoms with Crippen molar-refractivity contribution in [1.82, 2.24) is 9.13 Å². The number of benzene rings is 3. The van der Waals surface area contributed by atoms with Gasteiger partial charge in [-0.3, -0.25) is 14.6 Å². The second-order valence-electron chi connectivity index (χ2n) is 9.48. The molecule has 1 N–H and O–H groups in total. The predicted octanol–water partition coefficient (Wildman–Crippen LogP) is 4.79. The molecule has 1 aliphatic rings. The van der Waals surface area contributed by atoms with E-state index in [1.54, 1.807) is 41.9 Å². The fourth-order valence-corrected chi connectivity index (χ4v) is 5.17. The number of hydrogen-bond donors (Lipinski definition) is 1. The summed E-state index contributed by atoms with van der Waals surface area (Å²) in [7, 11) is 3.44. The Kier molecular flexibility index (Phi) is 5.68. The SMILES string of the molecule is Cn1c(=O)cc(N2N=C(c3c(O)c4ccccc4n(C)c3=O)CC2/C=C/c2ccccc2)c2ccccc21. The third-order valence-corrected chi connectivity index (χ3v) is 7.20. The van der Waals surface area contributed by atoms with Crippen LogP contribution < -0.4 is 16.1 Å². The molecule has 7 nitrogen and oxygen atoms in total. The maximum absolute atomic E-state index is 13.5. The lowest BCUT2D eigenvalue weighted by Crippen LogP contribution is -2.27. The highest BCUT2D eigenvalue weighted by atomic mass is 16.3. The maximum Gasteiger partial charge on any atom is 0.263 e. The van der Waals surface area contributed by atoms with E-state index in [9.17, 15) is 14.7 Å². The van der Waals surface area contributed by atoms with Gasteiger partial charge >= 0.3 is 0 Å². The first-order valence-corrected chi connectivity index (χ1v) is 12.4. The highest BCUT2D eigenvalue weighted by Crippen LogP contribution is 2.35. The van der Waals surface area contributed by atoms with Gasteiger partial charge in [-0.25, -0.2) is 0 Å². The number of aryl methyl sites for hydroxylation is 2. The van der Waals surface area contributed by atoms with Gasteiger partial charge in [0.15, 0.2) is 0 Å². The van der Waals surface area contributed by atoms with E-state index < -0.39 is 0 Å². The van der Waals surface area contributed by atoms with Crippen molar-refractivity contribution in [3.8, 4) is 5.75 Å². The lowest BCUT2D eigenvalue weighted by Gasteiger charge is -2.23. The minimum atomic E-state index is -0.318. The molecule has 3 heterocycles. The molecule has 0 radical (unpaired) electrons. The third kappa shape index (κ3) is 3.80. The molecule has 188 valence electrons. The summed E-state index contributed by atoms with van der Waals surface area (Å²) in [6.45, 7) is 0. The van der Waals surface area contributed by atoms with Gasteiger partial charge in [-0.15, -0.1) is 0 Å². The second kappa shape index (κ2) is 9.19. The zero-order chi connectivity index (χ0) is 26.4. The average Bonchev–Trinajstić information content (AvgIpc) is 3.36. The van der Waals surface area contributed by atoms with Gasteiger partial charge in [-0.1, -0.05) is 72.8 Å². The minimum Gasteiger partial charge on any atom is -0.506 e. The molecule has 6 rings (SSSR count). The standard InChI is InChI=1S/C31H26N4O3/c1-33-25-14-8-6-12-22(25)27(19-28(33)36)35-21(17-16-20-10-4-3-5-11-20)18-24(32-35)29-30(37)23-13-7-9-15-26(23)34(2)31(29)38/h3-17,19,21,37H,18H2,1-2H3/b17-16+. The van der Waals surface area contributed by atoms with Crippen molar-refractivity contribution in [3.63, 3.8) is 0 Å². The number of para-hydroxylation sites is 2. The predicted molar refractivity (Wildman–Crippen MR) is 153 cm³/mol. The first-order valence-electron chi connectivity index (χ1n) is 12.4. The number of anilines is 1. The Morgan fingerprint density at radius 1 is 0.842 bits per heavy atom. The molecule has 38 heavy (non-hydrogen) atoms. The van der Waals surface area contributed by atoms with Crippen LogP contribution in [0, 0.1) is 0 Å². The topological polar surface area (TPSA) is 79.8 Å². The smallest absolute Gasteiger partial charge is 0.263 e. The van der Waals surface area contributed by atoms with Gasteiger partial charge in [0, 0.05) is 37.4 Å². The largest absolute Gasteiger partial charge is 0.506 e. The Labute approximate surface area is 218 Å². The summed E-state index contributed by atoms with van der Waals surface area (Å²) in [5.41, 5.74) is 3.29. The van der Waals surface area contributed by atoms with Crippen LogP contribution in [0.4, 0.5) is 5.69 Å². The molecule has 0 saturated heterocycles. The summed E-state index contributed by atoms with van der Waals surface area (Å²) in [6, 6.07) is 26.2. The monoisotopic (exact) mass is 502 g/mol. The highest BCUT2D eigenvalue weighted by molar-refractivity contribution is 6.09. The Morgan fingerprint density at radius 3 is 2.21 bits per heavy atom. The highest BCUT2D eigenvalue weighted by Gasteiger charge is 2.32. The van der Waals surface area contributed by atoms with Crippen LogP contribution >= 0.6 is 0 Å². The van der Waals surface area contributed by atoms with E-state index in [1.165, 1.54) is 4.57 Å². The number of aromatic hydroxyl groups is 1. The molecule has 0 spiro atoms. The van der Waals surface area contributed by atoms with Gasteiger partial charge in [0.25, 0.3) is 11.1 Å². The molecular formula is C31H26N4O3. The van der Waals surface area contributed by atoms with Gasteiger partial charge in [0.1, 0.15) is 11.3 Å². The van der Waals surface area contributed by atoms with Gasteiger partial charge in [-0.2, -0.15) is 5.10 Å². The van der Waals surface area contributed by atoms with Crippen LogP contribution in [0.25, 0.3) is 27.9 Å². The lowest BCUT2D eigenvalue weighted by atomic mass is 10.0. The maximum atomic E-state index is 13.5. The number of fused-ring (bicyclic) bond motifs is 2. The number of hydrogen-bond acceptors (Lipinski definition) is 5. The van der Waals surface area contributed by atoms with Crippen LogP contribution in [-0.2, 0) is 14.1 Å². The summed E-state index contributed by atoms with van der Waals surface area (Å²) in [6.07, 6.45) is 4.42. The van der Waals surface area contributed by atoms with Crippen LogP contribution in [0.1, 0.15) is 17.5 Å². The number of pyridine rings is 2. The number of nitrogens with zero attached hydrogens (tertiary/aromatic N) is 4. The van der Waals surface area contributed by atoms with E-state index in [2.05, 4.69) is 0 Å². The Morgan fingerprint density at radius 2 is 1.47 bits per heavy atom. The van der Waals surface area contributed by atoms with Crippen LogP contribution in [0.3, 0.4) is 0 Å². The molecule has 0 bridgehead atoms. The number of rotatable bonds is 4. The Balaban J connectivity index is 1.56. The Bertz CT molecular complexity index is 1880. The normalized spacial score (nSPS) is 15.6. The molecule has 0 amide bonds. The lowest BCUT2D eigenvalue weighted by molar-refractivity contribution is 0.478. The van der Waals surface area contributed by atoms with Gasteiger partial charge < -0.3 is 14.2 Å². The fraction of sp³-hybridized carbons (Fsp3) is 0.129. The van der Waals surface area contributed by atoms with E-state index in [4.69, 9.17) is 5.10 Å². The van der Waals surface area contributed by atoms with Gasteiger partial charge in [0.2, 0.25) is 0 Å². The average molecular weight is 503 g/mol. The van der Waals surface area contributed by atoms with Gasteiger partial charge in [-0.05, 0) is 23.8 Å². The number of hydrazone groups is 1. The molecule has 0 fully saturated rings. The van der Waals surface area contributed by atoms with Crippen molar-refractivity contribution >= 4 is 39.3 Å². The molecule has 3 aromatic carbocycles. The van der Waals surface area contributed by atoms with Crippen LogP contribution in [-0.4, -0.2) is 26.0 Å². The zero-order valence-corrected chi connectivity index (χ0v) is 21.1. The first-order chi connectivity index (χ1) is 18.4. The quantitative estimate of drug-likeness (QED) is 0.383. The summed E-state index contributed by atoms with van der Waals surface area (Å²) >= 11 is 0. The van der Waals surface area contributed by atoms with Crippen LogP contribution in [0.2, 0.25) is 0 Å². The van der Waals surface area contributed by atoms with Crippen LogP contribution in [0.5, 0.6) is 5.75 Å². The fourth-order valence-electron chi connectivity index (χ4n) is 5.17.